The fourth-order valence-electron chi connectivity index (χ4n) is 9.89. The Kier molecular flexibility index (Phi) is 3.69. The molecule has 4 saturated carbocycles. The lowest BCUT2D eigenvalue weighted by Crippen LogP contribution is -2.81. The number of Topliss-reactive ketones (excluding diaryl/α,β-unsaturated/α-hetero) is 1. The van der Waals surface area contributed by atoms with Crippen molar-refractivity contribution in [2.75, 3.05) is 14.2 Å². The molecule has 0 radical (unpaired) electrons. The van der Waals surface area contributed by atoms with Crippen molar-refractivity contribution in [3.63, 3.8) is 0 Å². The first-order chi connectivity index (χ1) is 16.8. The summed E-state index contributed by atoms with van der Waals surface area (Å²) in [7, 11) is 2.75. The summed E-state index contributed by atoms with van der Waals surface area (Å²) in [6, 6.07) is 19.7. The summed E-state index contributed by atoms with van der Waals surface area (Å²) >= 11 is 0. The van der Waals surface area contributed by atoms with Gasteiger partial charge in [0, 0.05) is 0 Å². The van der Waals surface area contributed by atoms with Crippen LogP contribution in [0.1, 0.15) is 31.4 Å². The van der Waals surface area contributed by atoms with Gasteiger partial charge in [0.2, 0.25) is 0 Å². The Labute approximate surface area is 204 Å². The van der Waals surface area contributed by atoms with E-state index in [9.17, 15) is 14.4 Å². The minimum Gasteiger partial charge on any atom is -0.469 e. The third-order valence-corrected chi connectivity index (χ3v) is 10.7. The largest absolute Gasteiger partial charge is 0.469 e. The van der Waals surface area contributed by atoms with Gasteiger partial charge in [-0.2, -0.15) is 0 Å². The summed E-state index contributed by atoms with van der Waals surface area (Å²) in [4.78, 5) is 43.0. The maximum Gasteiger partial charge on any atom is 0.314 e. The highest BCUT2D eigenvalue weighted by molar-refractivity contribution is 6.29. The van der Waals surface area contributed by atoms with Crippen molar-refractivity contribution in [1.82, 2.24) is 0 Å². The molecule has 7 rings (SSSR count). The summed E-state index contributed by atoms with van der Waals surface area (Å²) in [6.45, 7) is 3.80. The van der Waals surface area contributed by atoms with Crippen LogP contribution >= 0.6 is 0 Å². The van der Waals surface area contributed by atoms with Crippen molar-refractivity contribution in [3.8, 4) is 0 Å². The SMILES string of the molecule is COC(=O)[C@@]12[C@H]3[C@@H]4C[C@@H]4[C@H]3[C@]1(C(=O)OC)[C@]1(C)C(=O)[C@@]2(C)C(c2ccccc2)=C1c1ccccc1. The predicted molar refractivity (Wildman–Crippen MR) is 128 cm³/mol. The standard InChI is InChI=1S/C30H28O5/c1-27-20(16-11-7-5-8-12-16)21(17-13-9-6-10-14-17)28(2,24(27)31)30(26(33)35-4)23-19-15-18(19)22(23)29(27,30)25(32)34-3/h5-14,18-19,22-23H,15H2,1-4H3/t18-,19+,22+,23-,27-,28+,29-,30+. The summed E-state index contributed by atoms with van der Waals surface area (Å²) in [5, 5.41) is 0. The molecule has 0 aromatic heterocycles. The zero-order valence-corrected chi connectivity index (χ0v) is 20.3. The van der Waals surface area contributed by atoms with Gasteiger partial charge in [-0.1, -0.05) is 60.7 Å². The monoisotopic (exact) mass is 468 g/mol. The summed E-state index contributed by atoms with van der Waals surface area (Å²) < 4.78 is 11.0. The number of methoxy groups -OCH3 is 2. The van der Waals surface area contributed by atoms with E-state index in [0.717, 1.165) is 28.7 Å². The van der Waals surface area contributed by atoms with Crippen molar-refractivity contribution < 1.29 is 23.9 Å². The molecule has 5 aliphatic rings. The Balaban J connectivity index is 1.67. The molecule has 0 unspecified atom stereocenters. The highest BCUT2D eigenvalue weighted by Gasteiger charge is 3.04. The highest BCUT2D eigenvalue weighted by atomic mass is 16.5. The molecule has 178 valence electrons. The van der Waals surface area contributed by atoms with Crippen LogP contribution in [0.4, 0.5) is 0 Å². The number of benzene rings is 2. The van der Waals surface area contributed by atoms with Gasteiger partial charge < -0.3 is 9.47 Å². The van der Waals surface area contributed by atoms with Crippen LogP contribution in [0.15, 0.2) is 60.7 Å². The maximum absolute atomic E-state index is 14.9. The smallest absolute Gasteiger partial charge is 0.314 e. The first-order valence-corrected chi connectivity index (χ1v) is 12.4. The summed E-state index contributed by atoms with van der Waals surface area (Å²) in [6.07, 6.45) is 0.995. The number of allylic oxidation sites excluding steroid dienone is 2. The van der Waals surface area contributed by atoms with Gasteiger partial charge in [0.05, 0.1) is 25.0 Å². The number of ether oxygens (including phenoxy) is 2. The van der Waals surface area contributed by atoms with Crippen LogP contribution in [0.5, 0.6) is 0 Å². The Morgan fingerprint density at radius 1 is 0.714 bits per heavy atom. The average Bonchev–Trinajstić information content (AvgIpc) is 3.50. The molecule has 5 aliphatic carbocycles. The molecule has 35 heavy (non-hydrogen) atoms. The minimum absolute atomic E-state index is 0.0501. The molecule has 0 heterocycles. The van der Waals surface area contributed by atoms with Crippen molar-refractivity contribution in [3.05, 3.63) is 71.8 Å². The molecule has 0 aliphatic heterocycles. The molecule has 0 spiro atoms. The molecule has 0 saturated heterocycles. The lowest BCUT2D eigenvalue weighted by molar-refractivity contribution is -0.293. The molecular weight excluding hydrogens is 440 g/mol. The number of esters is 2. The van der Waals surface area contributed by atoms with E-state index in [4.69, 9.17) is 9.47 Å². The lowest BCUT2D eigenvalue weighted by Gasteiger charge is -2.75. The molecule has 5 nitrogen and oxygen atoms in total. The fourth-order valence-corrected chi connectivity index (χ4v) is 9.89. The van der Waals surface area contributed by atoms with Gasteiger partial charge in [-0.3, -0.25) is 14.4 Å². The summed E-state index contributed by atoms with van der Waals surface area (Å²) in [5.41, 5.74) is -1.48. The van der Waals surface area contributed by atoms with Crippen molar-refractivity contribution in [2.45, 2.75) is 20.3 Å². The number of hydrogen-bond donors (Lipinski definition) is 0. The Morgan fingerprint density at radius 3 is 1.43 bits per heavy atom. The third kappa shape index (κ3) is 1.72. The van der Waals surface area contributed by atoms with Crippen LogP contribution in [0, 0.1) is 45.3 Å². The minimum atomic E-state index is -1.28. The first kappa shape index (κ1) is 21.1. The fraction of sp³-hybridized carbons (Fsp3) is 0.433. The van der Waals surface area contributed by atoms with E-state index in [1.807, 2.05) is 74.5 Å². The molecule has 8 atom stereocenters. The van der Waals surface area contributed by atoms with Crippen LogP contribution < -0.4 is 0 Å². The summed E-state index contributed by atoms with van der Waals surface area (Å²) in [5.74, 6) is -0.337. The molecule has 0 amide bonds. The second-order valence-electron chi connectivity index (χ2n) is 11.3. The Bertz CT molecular complexity index is 1260. The van der Waals surface area contributed by atoms with E-state index in [1.165, 1.54) is 14.2 Å². The predicted octanol–water partition coefficient (Wildman–Crippen LogP) is 4.42. The van der Waals surface area contributed by atoms with E-state index in [-0.39, 0.29) is 17.6 Å². The highest BCUT2D eigenvalue weighted by Crippen LogP contribution is 2.98. The van der Waals surface area contributed by atoms with Gasteiger partial charge in [-0.15, -0.1) is 0 Å². The third-order valence-electron chi connectivity index (χ3n) is 10.7. The molecule has 2 bridgehead atoms. The molecule has 4 fully saturated rings. The number of hydrogen-bond acceptors (Lipinski definition) is 5. The molecule has 0 N–H and O–H groups in total. The number of carbonyl (C=O) groups excluding carboxylic acids is 3. The van der Waals surface area contributed by atoms with Crippen molar-refractivity contribution in [2.24, 2.45) is 45.3 Å². The van der Waals surface area contributed by atoms with E-state index >= 15 is 0 Å². The van der Waals surface area contributed by atoms with E-state index in [1.54, 1.807) is 0 Å². The quantitative estimate of drug-likeness (QED) is 0.622. The van der Waals surface area contributed by atoms with Gasteiger partial charge in [0.25, 0.3) is 0 Å². The maximum atomic E-state index is 14.9. The second kappa shape index (κ2) is 6.13. The number of ketones is 1. The number of rotatable bonds is 4. The van der Waals surface area contributed by atoms with E-state index < -0.39 is 33.6 Å². The lowest BCUT2D eigenvalue weighted by atomic mass is 9.24. The van der Waals surface area contributed by atoms with E-state index in [0.29, 0.717) is 11.8 Å². The zero-order chi connectivity index (χ0) is 24.5. The Morgan fingerprint density at radius 2 is 1.09 bits per heavy atom. The van der Waals surface area contributed by atoms with E-state index in [2.05, 4.69) is 0 Å². The van der Waals surface area contributed by atoms with Crippen LogP contribution in [-0.2, 0) is 23.9 Å². The molecule has 2 aromatic carbocycles. The number of fused-ring (bicyclic) bond motifs is 11. The molecule has 5 heteroatoms. The first-order valence-electron chi connectivity index (χ1n) is 12.4. The van der Waals surface area contributed by atoms with Crippen LogP contribution in [0.25, 0.3) is 11.1 Å². The number of carbonyl (C=O) groups is 3. The van der Waals surface area contributed by atoms with Gasteiger partial charge in [0.15, 0.2) is 5.78 Å². The van der Waals surface area contributed by atoms with Crippen LogP contribution in [-0.4, -0.2) is 31.9 Å². The van der Waals surface area contributed by atoms with Gasteiger partial charge in [-0.25, -0.2) is 0 Å². The average molecular weight is 469 g/mol. The van der Waals surface area contributed by atoms with Gasteiger partial charge in [0.1, 0.15) is 10.8 Å². The normalized spacial score (nSPS) is 43.4. The second-order valence-corrected chi connectivity index (χ2v) is 11.3. The molecule has 2 aromatic rings. The van der Waals surface area contributed by atoms with Crippen molar-refractivity contribution in [1.29, 1.82) is 0 Å². The molecular formula is C30H28O5. The van der Waals surface area contributed by atoms with Crippen LogP contribution in [0.3, 0.4) is 0 Å². The zero-order valence-electron chi connectivity index (χ0n) is 20.3. The van der Waals surface area contributed by atoms with Crippen LogP contribution in [0.2, 0.25) is 0 Å². The Hall–Kier alpha value is -3.21. The van der Waals surface area contributed by atoms with Gasteiger partial charge >= 0.3 is 11.9 Å². The van der Waals surface area contributed by atoms with Gasteiger partial charge in [-0.05, 0) is 66.2 Å². The van der Waals surface area contributed by atoms with Crippen molar-refractivity contribution >= 4 is 28.9 Å². The topological polar surface area (TPSA) is 69.7 Å².